The zero-order valence-electron chi connectivity index (χ0n) is 16.8. The number of benzene rings is 2. The number of anilines is 1. The number of amides is 1. The standard InChI is InChI=1S/C21H23ClN4O2S/c1-13-6-5-7-14(2)20(13)28-11-18-24-25-21(26(18)4)29-12-19(27)23-17-9-8-16(22)10-15(17)3/h5-10H,11-12H2,1-4H3,(H,23,27). The highest BCUT2D eigenvalue weighted by Gasteiger charge is 2.13. The number of ether oxygens (including phenoxy) is 1. The SMILES string of the molecule is Cc1cc(Cl)ccc1NC(=O)CSc1nnc(COc2c(C)cccc2C)n1C. The number of hydrogen-bond donors (Lipinski definition) is 1. The van der Waals surface area contributed by atoms with E-state index in [1.807, 2.05) is 56.7 Å². The molecule has 0 aliphatic rings. The van der Waals surface area contributed by atoms with E-state index in [0.717, 1.165) is 28.1 Å². The molecular formula is C21H23ClN4O2S. The van der Waals surface area contributed by atoms with E-state index in [0.29, 0.717) is 22.6 Å². The van der Waals surface area contributed by atoms with Gasteiger partial charge in [-0.25, -0.2) is 0 Å². The van der Waals surface area contributed by atoms with E-state index >= 15 is 0 Å². The van der Waals surface area contributed by atoms with Gasteiger partial charge in [0.2, 0.25) is 5.91 Å². The molecule has 1 heterocycles. The number of rotatable bonds is 7. The lowest BCUT2D eigenvalue weighted by atomic mass is 10.1. The van der Waals surface area contributed by atoms with Gasteiger partial charge in [0.1, 0.15) is 12.4 Å². The molecule has 3 aromatic rings. The number of carbonyl (C=O) groups is 1. The first kappa shape index (κ1) is 21.2. The molecule has 3 rings (SSSR count). The van der Waals surface area contributed by atoms with Crippen LogP contribution in [0.15, 0.2) is 41.6 Å². The van der Waals surface area contributed by atoms with Gasteiger partial charge in [-0.1, -0.05) is 41.6 Å². The molecule has 152 valence electrons. The summed E-state index contributed by atoms with van der Waals surface area (Å²) in [6.45, 7) is 6.24. The summed E-state index contributed by atoms with van der Waals surface area (Å²) in [5.41, 5.74) is 3.83. The summed E-state index contributed by atoms with van der Waals surface area (Å²) in [7, 11) is 1.87. The van der Waals surface area contributed by atoms with Gasteiger partial charge in [0.15, 0.2) is 11.0 Å². The number of thioether (sulfide) groups is 1. The maximum Gasteiger partial charge on any atom is 0.234 e. The smallest absolute Gasteiger partial charge is 0.234 e. The van der Waals surface area contributed by atoms with Crippen LogP contribution < -0.4 is 10.1 Å². The number of carbonyl (C=O) groups excluding carboxylic acids is 1. The predicted molar refractivity (Wildman–Crippen MR) is 117 cm³/mol. The lowest BCUT2D eigenvalue weighted by molar-refractivity contribution is -0.113. The van der Waals surface area contributed by atoms with Crippen LogP contribution in [0.3, 0.4) is 0 Å². The number of nitrogens with one attached hydrogen (secondary N) is 1. The lowest BCUT2D eigenvalue weighted by Crippen LogP contribution is -2.15. The number of para-hydroxylation sites is 1. The molecule has 0 atom stereocenters. The second kappa shape index (κ2) is 9.33. The molecule has 29 heavy (non-hydrogen) atoms. The Morgan fingerprint density at radius 2 is 1.86 bits per heavy atom. The molecule has 2 aromatic carbocycles. The average molecular weight is 431 g/mol. The molecule has 0 spiro atoms. The fourth-order valence-electron chi connectivity index (χ4n) is 2.84. The summed E-state index contributed by atoms with van der Waals surface area (Å²) >= 11 is 7.28. The van der Waals surface area contributed by atoms with Gasteiger partial charge in [-0.2, -0.15) is 0 Å². The van der Waals surface area contributed by atoms with Crippen molar-refractivity contribution in [3.05, 3.63) is 63.9 Å². The van der Waals surface area contributed by atoms with E-state index < -0.39 is 0 Å². The van der Waals surface area contributed by atoms with E-state index in [1.165, 1.54) is 11.8 Å². The average Bonchev–Trinajstić information content (AvgIpc) is 3.02. The summed E-state index contributed by atoms with van der Waals surface area (Å²) in [5, 5.41) is 12.6. The first-order chi connectivity index (χ1) is 13.8. The highest BCUT2D eigenvalue weighted by atomic mass is 35.5. The summed E-state index contributed by atoms with van der Waals surface area (Å²) < 4.78 is 7.80. The summed E-state index contributed by atoms with van der Waals surface area (Å²) in [6.07, 6.45) is 0. The Bertz CT molecular complexity index is 1020. The third-order valence-corrected chi connectivity index (χ3v) is 5.73. The molecule has 0 bridgehead atoms. The van der Waals surface area contributed by atoms with Crippen molar-refractivity contribution in [1.82, 2.24) is 14.8 Å². The first-order valence-corrected chi connectivity index (χ1v) is 10.5. The Morgan fingerprint density at radius 1 is 1.14 bits per heavy atom. The van der Waals surface area contributed by atoms with E-state index in [1.54, 1.807) is 12.1 Å². The van der Waals surface area contributed by atoms with Crippen molar-refractivity contribution in [1.29, 1.82) is 0 Å². The molecule has 0 saturated heterocycles. The number of aryl methyl sites for hydroxylation is 3. The van der Waals surface area contributed by atoms with E-state index in [4.69, 9.17) is 16.3 Å². The van der Waals surface area contributed by atoms with Crippen LogP contribution in [-0.4, -0.2) is 26.4 Å². The van der Waals surface area contributed by atoms with Crippen molar-refractivity contribution in [2.75, 3.05) is 11.1 Å². The zero-order chi connectivity index (χ0) is 21.0. The largest absolute Gasteiger partial charge is 0.485 e. The number of nitrogens with zero attached hydrogens (tertiary/aromatic N) is 3. The molecule has 6 nitrogen and oxygen atoms in total. The van der Waals surface area contributed by atoms with E-state index in [2.05, 4.69) is 15.5 Å². The van der Waals surface area contributed by atoms with Gasteiger partial charge < -0.3 is 14.6 Å². The quantitative estimate of drug-likeness (QED) is 0.550. The molecule has 1 aromatic heterocycles. The van der Waals surface area contributed by atoms with Crippen molar-refractivity contribution in [3.8, 4) is 5.75 Å². The molecule has 8 heteroatoms. The molecule has 1 N–H and O–H groups in total. The molecule has 1 amide bonds. The van der Waals surface area contributed by atoms with Gasteiger partial charge in [0.25, 0.3) is 0 Å². The van der Waals surface area contributed by atoms with Crippen LogP contribution in [0.1, 0.15) is 22.5 Å². The van der Waals surface area contributed by atoms with Crippen LogP contribution in [0.4, 0.5) is 5.69 Å². The van der Waals surface area contributed by atoms with Crippen molar-refractivity contribution in [3.63, 3.8) is 0 Å². The zero-order valence-corrected chi connectivity index (χ0v) is 18.4. The van der Waals surface area contributed by atoms with Crippen LogP contribution in [-0.2, 0) is 18.4 Å². The minimum Gasteiger partial charge on any atom is -0.485 e. The Labute approximate surface area is 179 Å². The highest BCUT2D eigenvalue weighted by molar-refractivity contribution is 7.99. The highest BCUT2D eigenvalue weighted by Crippen LogP contribution is 2.24. The van der Waals surface area contributed by atoms with Crippen LogP contribution >= 0.6 is 23.4 Å². The predicted octanol–water partition coefficient (Wildman–Crippen LogP) is 4.70. The Balaban J connectivity index is 1.57. The van der Waals surface area contributed by atoms with Crippen LogP contribution in [0.25, 0.3) is 0 Å². The molecule has 0 saturated carbocycles. The van der Waals surface area contributed by atoms with Crippen LogP contribution in [0, 0.1) is 20.8 Å². The molecule has 0 radical (unpaired) electrons. The molecule has 0 aliphatic heterocycles. The summed E-state index contributed by atoms with van der Waals surface area (Å²) in [5.74, 6) is 1.68. The lowest BCUT2D eigenvalue weighted by Gasteiger charge is -2.11. The number of hydrogen-bond acceptors (Lipinski definition) is 5. The van der Waals surface area contributed by atoms with Gasteiger partial charge in [-0.05, 0) is 55.7 Å². The van der Waals surface area contributed by atoms with Gasteiger partial charge in [0.05, 0.1) is 5.75 Å². The fourth-order valence-corrected chi connectivity index (χ4v) is 3.80. The second-order valence-electron chi connectivity index (χ2n) is 6.76. The molecule has 0 unspecified atom stereocenters. The van der Waals surface area contributed by atoms with E-state index in [9.17, 15) is 4.79 Å². The Hall–Kier alpha value is -2.51. The number of aromatic nitrogens is 3. The first-order valence-electron chi connectivity index (χ1n) is 9.11. The van der Waals surface area contributed by atoms with Crippen molar-refractivity contribution >= 4 is 35.0 Å². The fraction of sp³-hybridized carbons (Fsp3) is 0.286. The minimum atomic E-state index is -0.114. The Morgan fingerprint density at radius 3 is 2.55 bits per heavy atom. The maximum absolute atomic E-state index is 12.3. The van der Waals surface area contributed by atoms with Gasteiger partial charge >= 0.3 is 0 Å². The van der Waals surface area contributed by atoms with Crippen molar-refractivity contribution in [2.24, 2.45) is 7.05 Å². The van der Waals surface area contributed by atoms with Gasteiger partial charge in [-0.15, -0.1) is 10.2 Å². The molecule has 0 fully saturated rings. The second-order valence-corrected chi connectivity index (χ2v) is 8.14. The van der Waals surface area contributed by atoms with Crippen LogP contribution in [0.2, 0.25) is 5.02 Å². The number of halogens is 1. The third kappa shape index (κ3) is 5.31. The Kier molecular flexibility index (Phi) is 6.82. The summed E-state index contributed by atoms with van der Waals surface area (Å²) in [4.78, 5) is 12.3. The maximum atomic E-state index is 12.3. The van der Waals surface area contributed by atoms with Crippen molar-refractivity contribution < 1.29 is 9.53 Å². The molecule has 0 aliphatic carbocycles. The van der Waals surface area contributed by atoms with Gasteiger partial charge in [-0.3, -0.25) is 4.79 Å². The topological polar surface area (TPSA) is 69.0 Å². The van der Waals surface area contributed by atoms with E-state index in [-0.39, 0.29) is 11.7 Å². The third-order valence-electron chi connectivity index (χ3n) is 4.47. The van der Waals surface area contributed by atoms with Crippen molar-refractivity contribution in [2.45, 2.75) is 32.5 Å². The van der Waals surface area contributed by atoms with Gasteiger partial charge in [0, 0.05) is 17.8 Å². The molecular weight excluding hydrogens is 408 g/mol. The monoisotopic (exact) mass is 430 g/mol. The normalized spacial score (nSPS) is 10.8. The summed E-state index contributed by atoms with van der Waals surface area (Å²) in [6, 6.07) is 11.4. The minimum absolute atomic E-state index is 0.114. The van der Waals surface area contributed by atoms with Crippen LogP contribution in [0.5, 0.6) is 5.75 Å².